The highest BCUT2D eigenvalue weighted by molar-refractivity contribution is 7.09. The zero-order chi connectivity index (χ0) is 10.7. The second kappa shape index (κ2) is 5.05. The first-order valence-electron chi connectivity index (χ1n) is 5.63. The maximum Gasteiger partial charge on any atom is 0.0959 e. The number of aliphatic hydroxyl groups excluding tert-OH is 1. The van der Waals surface area contributed by atoms with Gasteiger partial charge in [-0.3, -0.25) is 0 Å². The SMILES string of the molecule is NC(CO)c1csc(C2CCCCC2)n1. The molecule has 1 fully saturated rings. The Kier molecular flexibility index (Phi) is 3.72. The Labute approximate surface area is 94.3 Å². The number of thiazole rings is 1. The molecule has 0 aromatic carbocycles. The summed E-state index contributed by atoms with van der Waals surface area (Å²) in [6.07, 6.45) is 6.55. The molecule has 1 heterocycles. The molecule has 15 heavy (non-hydrogen) atoms. The number of aromatic nitrogens is 1. The van der Waals surface area contributed by atoms with Crippen LogP contribution in [-0.4, -0.2) is 16.7 Å². The highest BCUT2D eigenvalue weighted by Crippen LogP contribution is 2.34. The average molecular weight is 226 g/mol. The van der Waals surface area contributed by atoms with Gasteiger partial charge >= 0.3 is 0 Å². The Hall–Kier alpha value is -0.450. The van der Waals surface area contributed by atoms with Gasteiger partial charge in [0.1, 0.15) is 0 Å². The average Bonchev–Trinajstić information content (AvgIpc) is 2.78. The smallest absolute Gasteiger partial charge is 0.0959 e. The van der Waals surface area contributed by atoms with Gasteiger partial charge in [-0.2, -0.15) is 0 Å². The third kappa shape index (κ3) is 2.56. The molecule has 0 aliphatic heterocycles. The van der Waals surface area contributed by atoms with E-state index >= 15 is 0 Å². The molecule has 1 aromatic heterocycles. The molecule has 84 valence electrons. The predicted octanol–water partition coefficient (Wildman–Crippen LogP) is 2.18. The van der Waals surface area contributed by atoms with Gasteiger partial charge in [0.2, 0.25) is 0 Å². The molecule has 1 unspecified atom stereocenters. The highest BCUT2D eigenvalue weighted by Gasteiger charge is 2.19. The molecule has 1 saturated carbocycles. The van der Waals surface area contributed by atoms with E-state index in [-0.39, 0.29) is 12.6 Å². The molecule has 2 rings (SSSR count). The van der Waals surface area contributed by atoms with Crippen LogP contribution >= 0.6 is 11.3 Å². The van der Waals surface area contributed by atoms with E-state index in [4.69, 9.17) is 10.8 Å². The Morgan fingerprint density at radius 1 is 1.47 bits per heavy atom. The van der Waals surface area contributed by atoms with Crippen LogP contribution in [0, 0.1) is 0 Å². The van der Waals surface area contributed by atoms with Crippen molar-refractivity contribution in [3.63, 3.8) is 0 Å². The van der Waals surface area contributed by atoms with Crippen LogP contribution < -0.4 is 5.73 Å². The molecular formula is C11H18N2OS. The van der Waals surface area contributed by atoms with Gasteiger partial charge in [0.15, 0.2) is 0 Å². The molecule has 1 aliphatic carbocycles. The fourth-order valence-corrected chi connectivity index (χ4v) is 3.16. The summed E-state index contributed by atoms with van der Waals surface area (Å²) in [4.78, 5) is 4.54. The van der Waals surface area contributed by atoms with Crippen LogP contribution in [0.4, 0.5) is 0 Å². The minimum absolute atomic E-state index is 0.0200. The third-order valence-electron chi connectivity index (χ3n) is 3.07. The van der Waals surface area contributed by atoms with Crippen molar-refractivity contribution in [2.75, 3.05) is 6.61 Å². The van der Waals surface area contributed by atoms with Crippen molar-refractivity contribution in [2.24, 2.45) is 5.73 Å². The molecule has 0 spiro atoms. The lowest BCUT2D eigenvalue weighted by Crippen LogP contribution is -2.15. The molecule has 0 bridgehead atoms. The van der Waals surface area contributed by atoms with Gasteiger partial charge in [-0.15, -0.1) is 11.3 Å². The largest absolute Gasteiger partial charge is 0.394 e. The molecular weight excluding hydrogens is 208 g/mol. The lowest BCUT2D eigenvalue weighted by atomic mass is 9.90. The maximum atomic E-state index is 8.95. The van der Waals surface area contributed by atoms with Crippen molar-refractivity contribution in [1.29, 1.82) is 0 Å². The van der Waals surface area contributed by atoms with Gasteiger partial charge < -0.3 is 10.8 Å². The number of nitrogens with zero attached hydrogens (tertiary/aromatic N) is 1. The first kappa shape index (κ1) is 11.0. The van der Waals surface area contributed by atoms with Crippen molar-refractivity contribution in [3.05, 3.63) is 16.1 Å². The number of aliphatic hydroxyl groups is 1. The zero-order valence-corrected chi connectivity index (χ0v) is 9.67. The van der Waals surface area contributed by atoms with Crippen LogP contribution in [0.2, 0.25) is 0 Å². The summed E-state index contributed by atoms with van der Waals surface area (Å²) in [6.45, 7) is -0.0200. The van der Waals surface area contributed by atoms with E-state index < -0.39 is 0 Å². The normalized spacial score (nSPS) is 20.4. The van der Waals surface area contributed by atoms with Crippen LogP contribution in [-0.2, 0) is 0 Å². The van der Waals surface area contributed by atoms with Gasteiger partial charge in [0.05, 0.1) is 23.4 Å². The van der Waals surface area contributed by atoms with Crippen LogP contribution in [0.3, 0.4) is 0 Å². The molecule has 3 nitrogen and oxygen atoms in total. The third-order valence-corrected chi connectivity index (χ3v) is 4.10. The zero-order valence-electron chi connectivity index (χ0n) is 8.85. The lowest BCUT2D eigenvalue weighted by molar-refractivity contribution is 0.266. The minimum Gasteiger partial charge on any atom is -0.394 e. The van der Waals surface area contributed by atoms with Gasteiger partial charge in [-0.25, -0.2) is 4.98 Å². The summed E-state index contributed by atoms with van der Waals surface area (Å²) in [5, 5.41) is 12.2. The molecule has 1 aromatic rings. The molecule has 1 aliphatic rings. The fraction of sp³-hybridized carbons (Fsp3) is 0.727. The van der Waals surface area contributed by atoms with Gasteiger partial charge in [-0.05, 0) is 12.8 Å². The first-order chi connectivity index (χ1) is 7.31. The van der Waals surface area contributed by atoms with Gasteiger partial charge in [-0.1, -0.05) is 19.3 Å². The second-order valence-electron chi connectivity index (χ2n) is 4.23. The molecule has 4 heteroatoms. The topological polar surface area (TPSA) is 59.1 Å². The van der Waals surface area contributed by atoms with Gasteiger partial charge in [0.25, 0.3) is 0 Å². The van der Waals surface area contributed by atoms with E-state index in [1.807, 2.05) is 5.38 Å². The summed E-state index contributed by atoms with van der Waals surface area (Å²) < 4.78 is 0. The molecule has 1 atom stereocenters. The van der Waals surface area contributed by atoms with Crippen molar-refractivity contribution < 1.29 is 5.11 Å². The Balaban J connectivity index is 2.05. The number of nitrogens with two attached hydrogens (primary N) is 1. The Morgan fingerprint density at radius 3 is 2.87 bits per heavy atom. The number of rotatable bonds is 3. The first-order valence-corrected chi connectivity index (χ1v) is 6.51. The minimum atomic E-state index is -0.307. The standard InChI is InChI=1S/C11H18N2OS/c12-9(6-14)10-7-15-11(13-10)8-4-2-1-3-5-8/h7-9,14H,1-6,12H2. The van der Waals surface area contributed by atoms with Gasteiger partial charge in [0, 0.05) is 11.3 Å². The molecule has 0 saturated heterocycles. The summed E-state index contributed by atoms with van der Waals surface area (Å²) in [5.41, 5.74) is 6.58. The molecule has 3 N–H and O–H groups in total. The van der Waals surface area contributed by atoms with E-state index in [0.29, 0.717) is 5.92 Å². The van der Waals surface area contributed by atoms with Crippen LogP contribution in [0.15, 0.2) is 5.38 Å². The van der Waals surface area contributed by atoms with Crippen LogP contribution in [0.5, 0.6) is 0 Å². The van der Waals surface area contributed by atoms with Crippen LogP contribution in [0.25, 0.3) is 0 Å². The number of hydrogen-bond acceptors (Lipinski definition) is 4. The van der Waals surface area contributed by atoms with E-state index in [0.717, 1.165) is 5.69 Å². The summed E-state index contributed by atoms with van der Waals surface area (Å²) in [6, 6.07) is -0.307. The summed E-state index contributed by atoms with van der Waals surface area (Å²) >= 11 is 1.70. The van der Waals surface area contributed by atoms with E-state index in [9.17, 15) is 0 Å². The number of hydrogen-bond donors (Lipinski definition) is 2. The molecule has 0 radical (unpaired) electrons. The Bertz CT molecular complexity index is 307. The monoisotopic (exact) mass is 226 g/mol. The van der Waals surface area contributed by atoms with Crippen LogP contribution in [0.1, 0.15) is 54.8 Å². The van der Waals surface area contributed by atoms with E-state index in [1.54, 1.807) is 11.3 Å². The predicted molar refractivity (Wildman–Crippen MR) is 62.0 cm³/mol. The lowest BCUT2D eigenvalue weighted by Gasteiger charge is -2.19. The summed E-state index contributed by atoms with van der Waals surface area (Å²) in [5.74, 6) is 0.642. The van der Waals surface area contributed by atoms with E-state index in [2.05, 4.69) is 4.98 Å². The molecule has 0 amide bonds. The maximum absolute atomic E-state index is 8.95. The van der Waals surface area contributed by atoms with Crippen molar-refractivity contribution >= 4 is 11.3 Å². The fourth-order valence-electron chi connectivity index (χ4n) is 2.10. The van der Waals surface area contributed by atoms with Crippen molar-refractivity contribution in [2.45, 2.75) is 44.1 Å². The van der Waals surface area contributed by atoms with Crippen molar-refractivity contribution in [3.8, 4) is 0 Å². The second-order valence-corrected chi connectivity index (χ2v) is 5.12. The quantitative estimate of drug-likeness (QED) is 0.830. The van der Waals surface area contributed by atoms with Crippen molar-refractivity contribution in [1.82, 2.24) is 4.98 Å². The summed E-state index contributed by atoms with van der Waals surface area (Å²) in [7, 11) is 0. The highest BCUT2D eigenvalue weighted by atomic mass is 32.1. The van der Waals surface area contributed by atoms with E-state index in [1.165, 1.54) is 37.1 Å². The Morgan fingerprint density at radius 2 is 2.20 bits per heavy atom.